The van der Waals surface area contributed by atoms with E-state index in [0.717, 1.165) is 5.69 Å². The third kappa shape index (κ3) is 4.03. The van der Waals surface area contributed by atoms with E-state index in [9.17, 15) is 4.79 Å². The molecule has 1 heterocycles. The highest BCUT2D eigenvalue weighted by atomic mass is 16.3. The number of hydrazine groups is 1. The third-order valence-electron chi connectivity index (χ3n) is 1.74. The molecule has 1 rings (SSSR count). The Hall–Kier alpha value is -1.50. The van der Waals surface area contributed by atoms with Crippen LogP contribution in [0.2, 0.25) is 0 Å². The average molecular weight is 210 g/mol. The monoisotopic (exact) mass is 210 g/mol. The lowest BCUT2D eigenvalue weighted by molar-refractivity contribution is -0.124. The van der Waals surface area contributed by atoms with Crippen LogP contribution in [0.3, 0.4) is 0 Å². The highest BCUT2D eigenvalue weighted by Gasteiger charge is 2.10. The Bertz CT molecular complexity index is 304. The highest BCUT2D eigenvalue weighted by Crippen LogP contribution is 1.90. The van der Waals surface area contributed by atoms with Gasteiger partial charge in [0.15, 0.2) is 0 Å². The molecule has 1 aromatic heterocycles. The number of carbonyl (C=O) groups excluding carboxylic acids is 1. The van der Waals surface area contributed by atoms with Gasteiger partial charge in [-0.05, 0) is 12.1 Å². The molecule has 0 aromatic carbocycles. The van der Waals surface area contributed by atoms with Crippen molar-refractivity contribution < 1.29 is 9.90 Å². The lowest BCUT2D eigenvalue weighted by Gasteiger charge is -2.10. The van der Waals surface area contributed by atoms with Crippen LogP contribution in [0, 0.1) is 0 Å². The van der Waals surface area contributed by atoms with Crippen molar-refractivity contribution in [1.82, 2.24) is 15.8 Å². The summed E-state index contributed by atoms with van der Waals surface area (Å²) in [6.45, 7) is 0.0296. The summed E-state index contributed by atoms with van der Waals surface area (Å²) in [7, 11) is 0. The van der Waals surface area contributed by atoms with E-state index in [1.807, 2.05) is 18.2 Å². The molecule has 0 spiro atoms. The zero-order valence-corrected chi connectivity index (χ0v) is 8.18. The van der Waals surface area contributed by atoms with Crippen molar-refractivity contribution in [3.8, 4) is 0 Å². The fourth-order valence-electron chi connectivity index (χ4n) is 0.900. The molecule has 0 aliphatic heterocycles. The van der Waals surface area contributed by atoms with Crippen LogP contribution in [0.5, 0.6) is 0 Å². The van der Waals surface area contributed by atoms with Gasteiger partial charge in [0, 0.05) is 6.20 Å². The van der Waals surface area contributed by atoms with Crippen LogP contribution in [0.4, 0.5) is 0 Å². The van der Waals surface area contributed by atoms with Crippen LogP contribution in [0.1, 0.15) is 5.69 Å². The Labute approximate surface area is 87.5 Å². The van der Waals surface area contributed by atoms with Crippen molar-refractivity contribution in [2.45, 2.75) is 12.6 Å². The number of hydrogen-bond acceptors (Lipinski definition) is 5. The lowest BCUT2D eigenvalue weighted by Crippen LogP contribution is -2.48. The number of carbonyl (C=O) groups is 1. The zero-order chi connectivity index (χ0) is 11.1. The molecule has 1 amide bonds. The molecule has 0 radical (unpaired) electrons. The van der Waals surface area contributed by atoms with Crippen LogP contribution in [0.15, 0.2) is 24.4 Å². The highest BCUT2D eigenvalue weighted by molar-refractivity contribution is 5.81. The number of amides is 1. The number of nitrogens with one attached hydrogen (secondary N) is 2. The molecule has 6 nitrogen and oxygen atoms in total. The molecule has 0 saturated heterocycles. The molecule has 0 aliphatic rings. The van der Waals surface area contributed by atoms with Gasteiger partial charge in [-0.1, -0.05) is 6.07 Å². The van der Waals surface area contributed by atoms with E-state index < -0.39 is 11.9 Å². The summed E-state index contributed by atoms with van der Waals surface area (Å²) in [6, 6.07) is 4.58. The van der Waals surface area contributed by atoms with Gasteiger partial charge in [-0.3, -0.25) is 15.2 Å². The first-order valence-corrected chi connectivity index (χ1v) is 4.53. The summed E-state index contributed by atoms with van der Waals surface area (Å²) in [4.78, 5) is 15.1. The van der Waals surface area contributed by atoms with Gasteiger partial charge in [-0.25, -0.2) is 5.43 Å². The second kappa shape index (κ2) is 6.07. The second-order valence-electron chi connectivity index (χ2n) is 2.95. The maximum absolute atomic E-state index is 11.1. The molecule has 0 aliphatic carbocycles. The summed E-state index contributed by atoms with van der Waals surface area (Å²) in [6.07, 6.45) is 1.66. The minimum atomic E-state index is -0.902. The Morgan fingerprint density at radius 3 is 3.00 bits per heavy atom. The van der Waals surface area contributed by atoms with Gasteiger partial charge in [-0.15, -0.1) is 0 Å². The van der Waals surface area contributed by atoms with E-state index >= 15 is 0 Å². The number of aliphatic hydroxyl groups excluding tert-OH is 1. The van der Waals surface area contributed by atoms with E-state index in [-0.39, 0.29) is 6.61 Å². The summed E-state index contributed by atoms with van der Waals surface area (Å²) < 4.78 is 0. The number of nitrogens with two attached hydrogens (primary N) is 1. The fraction of sp³-hybridized carbons (Fsp3) is 0.333. The van der Waals surface area contributed by atoms with Gasteiger partial charge in [0.1, 0.15) is 6.04 Å². The quantitative estimate of drug-likeness (QED) is 0.444. The number of pyridine rings is 1. The molecule has 82 valence electrons. The molecule has 5 N–H and O–H groups in total. The summed E-state index contributed by atoms with van der Waals surface area (Å²) in [5.74, 6) is -0.451. The molecule has 1 aromatic rings. The predicted molar refractivity (Wildman–Crippen MR) is 54.3 cm³/mol. The standard InChI is InChI=1S/C9H14N4O2/c10-8(6-14)9(15)13-12-5-7-3-1-2-4-11-7/h1-4,8,12,14H,5-6,10H2,(H,13,15). The average Bonchev–Trinajstić information content (AvgIpc) is 2.29. The molecular weight excluding hydrogens is 196 g/mol. The van der Waals surface area contributed by atoms with Crippen molar-refractivity contribution in [2.24, 2.45) is 5.73 Å². The topological polar surface area (TPSA) is 100 Å². The molecule has 0 fully saturated rings. The van der Waals surface area contributed by atoms with Gasteiger partial charge in [0.05, 0.1) is 18.8 Å². The van der Waals surface area contributed by atoms with E-state index in [1.165, 1.54) is 0 Å². The van der Waals surface area contributed by atoms with Crippen molar-refractivity contribution in [1.29, 1.82) is 0 Å². The van der Waals surface area contributed by atoms with Crippen LogP contribution >= 0.6 is 0 Å². The number of hydrogen-bond donors (Lipinski definition) is 4. The van der Waals surface area contributed by atoms with E-state index in [4.69, 9.17) is 10.8 Å². The largest absolute Gasteiger partial charge is 0.394 e. The number of aliphatic hydroxyl groups is 1. The molecule has 1 atom stereocenters. The Balaban J connectivity index is 2.25. The van der Waals surface area contributed by atoms with Crippen molar-refractivity contribution in [2.75, 3.05) is 6.61 Å². The van der Waals surface area contributed by atoms with Crippen LogP contribution in [-0.2, 0) is 11.3 Å². The molecule has 15 heavy (non-hydrogen) atoms. The molecular formula is C9H14N4O2. The van der Waals surface area contributed by atoms with Crippen molar-refractivity contribution >= 4 is 5.91 Å². The van der Waals surface area contributed by atoms with Crippen LogP contribution in [0.25, 0.3) is 0 Å². The molecule has 0 saturated carbocycles. The first kappa shape index (κ1) is 11.6. The van der Waals surface area contributed by atoms with Gasteiger partial charge in [0.25, 0.3) is 5.91 Å². The molecule has 6 heteroatoms. The third-order valence-corrected chi connectivity index (χ3v) is 1.74. The van der Waals surface area contributed by atoms with Gasteiger partial charge >= 0.3 is 0 Å². The first-order valence-electron chi connectivity index (χ1n) is 4.53. The van der Waals surface area contributed by atoms with Crippen LogP contribution in [-0.4, -0.2) is 28.6 Å². The van der Waals surface area contributed by atoms with Crippen molar-refractivity contribution in [3.05, 3.63) is 30.1 Å². The summed E-state index contributed by atoms with van der Waals surface area (Å²) in [5.41, 5.74) is 11.1. The lowest BCUT2D eigenvalue weighted by atomic mass is 10.3. The van der Waals surface area contributed by atoms with Crippen molar-refractivity contribution in [3.63, 3.8) is 0 Å². The number of nitrogens with zero attached hydrogens (tertiary/aromatic N) is 1. The maximum Gasteiger partial charge on any atom is 0.253 e. The van der Waals surface area contributed by atoms with E-state index in [1.54, 1.807) is 6.20 Å². The zero-order valence-electron chi connectivity index (χ0n) is 8.18. The maximum atomic E-state index is 11.1. The minimum absolute atomic E-state index is 0.378. The smallest absolute Gasteiger partial charge is 0.253 e. The SMILES string of the molecule is NC(CO)C(=O)NNCc1ccccn1. The van der Waals surface area contributed by atoms with Gasteiger partial charge in [0.2, 0.25) is 0 Å². The van der Waals surface area contributed by atoms with Crippen LogP contribution < -0.4 is 16.6 Å². The Morgan fingerprint density at radius 2 is 2.40 bits per heavy atom. The normalized spacial score (nSPS) is 12.1. The Kier molecular flexibility index (Phi) is 4.69. The van der Waals surface area contributed by atoms with Gasteiger partial charge in [-0.2, -0.15) is 0 Å². The summed E-state index contributed by atoms with van der Waals surface area (Å²) >= 11 is 0. The summed E-state index contributed by atoms with van der Waals surface area (Å²) in [5, 5.41) is 8.60. The first-order chi connectivity index (χ1) is 7.24. The number of rotatable bonds is 5. The van der Waals surface area contributed by atoms with Gasteiger partial charge < -0.3 is 10.8 Å². The predicted octanol–water partition coefficient (Wildman–Crippen LogP) is -1.48. The molecule has 0 bridgehead atoms. The molecule has 1 unspecified atom stereocenters. The Morgan fingerprint density at radius 1 is 1.60 bits per heavy atom. The second-order valence-corrected chi connectivity index (χ2v) is 2.95. The van der Waals surface area contributed by atoms with E-state index in [2.05, 4.69) is 15.8 Å². The minimum Gasteiger partial charge on any atom is -0.394 e. The number of aromatic nitrogens is 1. The fourth-order valence-corrected chi connectivity index (χ4v) is 0.900. The van der Waals surface area contributed by atoms with E-state index in [0.29, 0.717) is 6.54 Å².